The quantitative estimate of drug-likeness (QED) is 0.227. The lowest BCUT2D eigenvalue weighted by Gasteiger charge is -2.67. The van der Waals surface area contributed by atoms with Crippen molar-refractivity contribution in [1.82, 2.24) is 4.57 Å². The van der Waals surface area contributed by atoms with Gasteiger partial charge >= 0.3 is 0 Å². The van der Waals surface area contributed by atoms with E-state index in [1.54, 1.807) is 50.5 Å². The number of aromatic nitrogens is 1. The Morgan fingerprint density at radius 1 is 0.442 bits per heavy atom. The summed E-state index contributed by atoms with van der Waals surface area (Å²) in [6.45, 7) is 0. The average molecular weight is 568 g/mol. The van der Waals surface area contributed by atoms with Crippen LogP contribution in [0.3, 0.4) is 0 Å². The average Bonchev–Trinajstić information content (AvgIpc) is 3.42. The van der Waals surface area contributed by atoms with Crippen LogP contribution in [0.1, 0.15) is 95.0 Å². The lowest BCUT2D eigenvalue weighted by Crippen LogP contribution is -2.61. The van der Waals surface area contributed by atoms with Crippen molar-refractivity contribution in [2.24, 2.45) is 59.2 Å². The number of rotatable bonds is 2. The van der Waals surface area contributed by atoms with E-state index >= 15 is 0 Å². The first kappa shape index (κ1) is 25.8. The Bertz CT molecular complexity index is 1650. The third-order valence-electron chi connectivity index (χ3n) is 14.8. The molecule has 0 saturated heterocycles. The third-order valence-corrected chi connectivity index (χ3v) is 14.8. The van der Waals surface area contributed by atoms with E-state index in [9.17, 15) is 0 Å². The summed E-state index contributed by atoms with van der Waals surface area (Å²) in [6.07, 6.45) is 20.1. The number of hydrogen-bond donors (Lipinski definition) is 0. The van der Waals surface area contributed by atoms with E-state index in [2.05, 4.69) is 77.4 Å². The monoisotopic (exact) mass is 567 g/mol. The van der Waals surface area contributed by atoms with Crippen LogP contribution >= 0.6 is 0 Å². The zero-order valence-corrected chi connectivity index (χ0v) is 25.9. The molecule has 4 aromatic rings. The maximum absolute atomic E-state index is 2.63. The van der Waals surface area contributed by atoms with E-state index in [4.69, 9.17) is 0 Å². The van der Waals surface area contributed by atoms with Crippen LogP contribution in [0.15, 0.2) is 72.8 Å². The van der Waals surface area contributed by atoms with Gasteiger partial charge in [-0.1, -0.05) is 68.1 Å². The lowest BCUT2D eigenvalue weighted by molar-refractivity contribution is -0.188. The van der Waals surface area contributed by atoms with Crippen molar-refractivity contribution in [3.63, 3.8) is 0 Å². The van der Waals surface area contributed by atoms with Crippen molar-refractivity contribution in [3.8, 4) is 5.69 Å². The van der Waals surface area contributed by atoms with Gasteiger partial charge in [0.1, 0.15) is 0 Å². The summed E-state index contributed by atoms with van der Waals surface area (Å²) in [7, 11) is 0. The zero-order valence-electron chi connectivity index (χ0n) is 25.9. The van der Waals surface area contributed by atoms with Crippen LogP contribution in [0, 0.1) is 59.2 Å². The molecule has 1 heteroatoms. The molecule has 6 aliphatic rings. The molecule has 1 nitrogen and oxygen atoms in total. The second-order valence-electron chi connectivity index (χ2n) is 16.1. The molecule has 3 aromatic carbocycles. The van der Waals surface area contributed by atoms with Crippen molar-refractivity contribution in [3.05, 3.63) is 78.4 Å². The topological polar surface area (TPSA) is 4.93 Å². The molecule has 10 rings (SSSR count). The molecule has 43 heavy (non-hydrogen) atoms. The zero-order chi connectivity index (χ0) is 28.1. The first-order chi connectivity index (χ1) is 21.3. The predicted octanol–water partition coefficient (Wildman–Crippen LogP) is 11.2. The summed E-state index contributed by atoms with van der Waals surface area (Å²) in [5.74, 6) is 11.5. The summed E-state index contributed by atoms with van der Waals surface area (Å²) >= 11 is 0. The van der Waals surface area contributed by atoms with E-state index in [-0.39, 0.29) is 0 Å². The Kier molecular flexibility index (Phi) is 5.98. The van der Waals surface area contributed by atoms with Crippen LogP contribution in [0.5, 0.6) is 0 Å². The van der Waals surface area contributed by atoms with E-state index in [1.807, 2.05) is 0 Å². The summed E-state index contributed by atoms with van der Waals surface area (Å²) in [5.41, 5.74) is 5.59. The Balaban J connectivity index is 1.02. The van der Waals surface area contributed by atoms with E-state index in [0.29, 0.717) is 0 Å². The number of fused-ring (bicyclic) bond motifs is 9. The number of benzene rings is 3. The smallest absolute Gasteiger partial charge is 0.0541 e. The first-order valence-corrected chi connectivity index (χ1v) is 18.4. The summed E-state index contributed by atoms with van der Waals surface area (Å²) in [4.78, 5) is 0. The highest BCUT2D eigenvalue weighted by atomic mass is 15.0. The molecule has 0 aliphatic heterocycles. The van der Waals surface area contributed by atoms with Gasteiger partial charge in [-0.3, -0.25) is 0 Å². The van der Waals surface area contributed by atoms with Gasteiger partial charge in [-0.25, -0.2) is 0 Å². The summed E-state index contributed by atoms with van der Waals surface area (Å²) in [6, 6.07) is 27.7. The highest BCUT2D eigenvalue weighted by Gasteiger charge is 2.62. The maximum atomic E-state index is 2.63. The Hall–Kier alpha value is -2.54. The molecule has 6 saturated carbocycles. The van der Waals surface area contributed by atoms with Gasteiger partial charge in [-0.15, -0.1) is 0 Å². The van der Waals surface area contributed by atoms with Gasteiger partial charge in [0.2, 0.25) is 0 Å². The fourth-order valence-corrected chi connectivity index (χ4v) is 13.6. The molecule has 11 atom stereocenters. The van der Waals surface area contributed by atoms with Gasteiger partial charge in [0.25, 0.3) is 0 Å². The highest BCUT2D eigenvalue weighted by molar-refractivity contribution is 6.09. The Morgan fingerprint density at radius 2 is 1.02 bits per heavy atom. The maximum Gasteiger partial charge on any atom is 0.0541 e. The minimum absolute atomic E-state index is 0.742. The van der Waals surface area contributed by atoms with Gasteiger partial charge < -0.3 is 4.57 Å². The molecule has 1 heterocycles. The second-order valence-corrected chi connectivity index (χ2v) is 16.1. The third kappa shape index (κ3) is 3.75. The van der Waals surface area contributed by atoms with Gasteiger partial charge in [0.15, 0.2) is 0 Å². The largest absolute Gasteiger partial charge is 0.309 e. The number of para-hydroxylation sites is 2. The van der Waals surface area contributed by atoms with Gasteiger partial charge in [0.05, 0.1) is 11.0 Å². The minimum Gasteiger partial charge on any atom is -0.309 e. The van der Waals surface area contributed by atoms with E-state index in [0.717, 1.165) is 65.1 Å². The van der Waals surface area contributed by atoms with Crippen LogP contribution in [0.2, 0.25) is 0 Å². The lowest BCUT2D eigenvalue weighted by atomic mass is 9.37. The van der Waals surface area contributed by atoms with Crippen LogP contribution in [-0.2, 0) is 0 Å². The molecule has 0 bridgehead atoms. The highest BCUT2D eigenvalue weighted by Crippen LogP contribution is 2.69. The van der Waals surface area contributed by atoms with Crippen LogP contribution in [0.25, 0.3) is 27.5 Å². The predicted molar refractivity (Wildman–Crippen MR) is 178 cm³/mol. The standard InChI is InChI=1S/C42H49N/c1-2-10-28(11-3-1)43-39-19-7-6-14-32(39)38-25-27(21-23-40(38)43)26-20-22-31-35-17-8-15-33-29-12-4-5-13-30(29)34-16-9-18-36(37(31)24-26)42(34)41(33)35/h1-3,6-7,10-11,14,19,21,23,25-26,29-31,33-37,41-42H,4-5,8-9,12-13,15-18,20,22,24H2. The second kappa shape index (κ2) is 9.98. The van der Waals surface area contributed by atoms with Crippen molar-refractivity contribution < 1.29 is 0 Å². The van der Waals surface area contributed by atoms with E-state index in [1.165, 1.54) is 66.0 Å². The minimum atomic E-state index is 0.742. The Labute approximate surface area is 258 Å². The summed E-state index contributed by atoms with van der Waals surface area (Å²) < 4.78 is 2.48. The molecular formula is C42H49N. The first-order valence-electron chi connectivity index (χ1n) is 18.4. The van der Waals surface area contributed by atoms with Crippen molar-refractivity contribution in [2.45, 2.75) is 89.4 Å². The molecule has 6 aliphatic carbocycles. The van der Waals surface area contributed by atoms with E-state index < -0.39 is 0 Å². The summed E-state index contributed by atoms with van der Waals surface area (Å²) in [5, 5.41) is 2.86. The molecule has 11 unspecified atom stereocenters. The number of hydrogen-bond acceptors (Lipinski definition) is 0. The molecule has 0 N–H and O–H groups in total. The van der Waals surface area contributed by atoms with Crippen LogP contribution in [-0.4, -0.2) is 4.57 Å². The molecule has 0 amide bonds. The van der Waals surface area contributed by atoms with Gasteiger partial charge in [-0.2, -0.15) is 0 Å². The fraction of sp³-hybridized carbons (Fsp3) is 0.571. The van der Waals surface area contributed by atoms with Gasteiger partial charge in [-0.05, 0) is 159 Å². The molecule has 222 valence electrons. The van der Waals surface area contributed by atoms with Gasteiger partial charge in [0, 0.05) is 16.5 Å². The molecule has 0 radical (unpaired) electrons. The van der Waals surface area contributed by atoms with Crippen LogP contribution < -0.4 is 0 Å². The molecular weight excluding hydrogens is 518 g/mol. The molecule has 0 spiro atoms. The normalized spacial score (nSPS) is 40.0. The SMILES string of the molecule is c1ccc(-n2c3ccccc3c3cc(C4CCC5C(C4)C4CCCC6C7CCCCC7C7CCCC5C7C64)ccc32)cc1. The number of nitrogens with zero attached hydrogens (tertiary/aromatic N) is 1. The fourth-order valence-electron chi connectivity index (χ4n) is 13.6. The molecule has 1 aromatic heterocycles. The Morgan fingerprint density at radius 3 is 1.74 bits per heavy atom. The van der Waals surface area contributed by atoms with Crippen molar-refractivity contribution >= 4 is 21.8 Å². The van der Waals surface area contributed by atoms with Crippen molar-refractivity contribution in [1.29, 1.82) is 0 Å². The van der Waals surface area contributed by atoms with Crippen molar-refractivity contribution in [2.75, 3.05) is 0 Å². The molecule has 6 fully saturated rings. The van der Waals surface area contributed by atoms with Crippen LogP contribution in [0.4, 0.5) is 0 Å².